The molecule has 0 radical (unpaired) electrons. The molecular weight excluding hydrogens is 430 g/mol. The number of hydrogen-bond acceptors (Lipinski definition) is 5. The van der Waals surface area contributed by atoms with E-state index in [9.17, 15) is 9.59 Å². The number of amides is 2. The van der Waals surface area contributed by atoms with Gasteiger partial charge in [-0.2, -0.15) is 0 Å². The number of carbonyl (C=O) groups excluding carboxylic acids is 2. The molecule has 1 N–H and O–H groups in total. The fraction of sp³-hybridized carbons (Fsp3) is 0.211. The number of imide groups is 1. The van der Waals surface area contributed by atoms with Crippen LogP contribution < -0.4 is 15.0 Å². The van der Waals surface area contributed by atoms with Crippen LogP contribution in [0.3, 0.4) is 0 Å². The van der Waals surface area contributed by atoms with Crippen LogP contribution in [0.2, 0.25) is 0 Å². The lowest BCUT2D eigenvalue weighted by atomic mass is 10.3. The van der Waals surface area contributed by atoms with Crippen molar-refractivity contribution in [3.05, 3.63) is 53.0 Å². The minimum Gasteiger partial charge on any atom is -0.497 e. The summed E-state index contributed by atoms with van der Waals surface area (Å²) in [4.78, 5) is 30.6. The first-order valence-corrected chi connectivity index (χ1v) is 9.86. The Kier molecular flexibility index (Phi) is 6.18. The predicted molar refractivity (Wildman–Crippen MR) is 113 cm³/mol. The van der Waals surface area contributed by atoms with Gasteiger partial charge in [0, 0.05) is 23.6 Å². The molecule has 0 saturated carbocycles. The summed E-state index contributed by atoms with van der Waals surface area (Å²) in [6, 6.07) is 14.5. The van der Waals surface area contributed by atoms with Crippen molar-refractivity contribution in [2.45, 2.75) is 11.7 Å². The Morgan fingerprint density at radius 2 is 1.85 bits per heavy atom. The first-order valence-electron chi connectivity index (χ1n) is 8.18. The molecule has 8 heteroatoms. The number of thioether (sulfide) groups is 1. The van der Waals surface area contributed by atoms with Gasteiger partial charge in [-0.1, -0.05) is 27.7 Å². The molecule has 1 saturated heterocycles. The summed E-state index contributed by atoms with van der Waals surface area (Å²) in [5, 5.41) is 3.24. The Morgan fingerprint density at radius 3 is 2.44 bits per heavy atom. The van der Waals surface area contributed by atoms with Gasteiger partial charge in [-0.15, -0.1) is 0 Å². The fourth-order valence-corrected chi connectivity index (χ4v) is 3.88. The van der Waals surface area contributed by atoms with E-state index in [0.717, 1.165) is 15.9 Å². The van der Waals surface area contributed by atoms with Crippen molar-refractivity contribution in [1.29, 1.82) is 0 Å². The number of methoxy groups -OCH3 is 1. The number of anilines is 2. The van der Waals surface area contributed by atoms with Crippen molar-refractivity contribution >= 4 is 56.0 Å². The second-order valence-electron chi connectivity index (χ2n) is 5.74. The lowest BCUT2D eigenvalue weighted by molar-refractivity contribution is -0.121. The van der Waals surface area contributed by atoms with Gasteiger partial charge in [0.1, 0.15) is 11.0 Å². The maximum Gasteiger partial charge on any atom is 0.247 e. The topological polar surface area (TPSA) is 71.0 Å². The Balaban J connectivity index is 1.69. The van der Waals surface area contributed by atoms with E-state index < -0.39 is 5.25 Å². The molecule has 1 aliphatic rings. The summed E-state index contributed by atoms with van der Waals surface area (Å²) in [5.74, 6) is 0.314. The molecule has 3 rings (SSSR count). The summed E-state index contributed by atoms with van der Waals surface area (Å²) in [7, 11) is 3.25. The van der Waals surface area contributed by atoms with Crippen LogP contribution in [0.25, 0.3) is 0 Å². The molecule has 2 aromatic carbocycles. The highest BCUT2D eigenvalue weighted by Gasteiger charge is 2.40. The summed E-state index contributed by atoms with van der Waals surface area (Å²) in [5.41, 5.74) is 1.40. The van der Waals surface area contributed by atoms with E-state index in [1.807, 2.05) is 24.3 Å². The molecule has 2 amide bonds. The van der Waals surface area contributed by atoms with Crippen LogP contribution >= 0.6 is 27.7 Å². The molecule has 140 valence electrons. The van der Waals surface area contributed by atoms with Crippen LogP contribution in [0, 0.1) is 0 Å². The summed E-state index contributed by atoms with van der Waals surface area (Å²) < 4.78 is 6.03. The van der Waals surface area contributed by atoms with Crippen LogP contribution in [-0.4, -0.2) is 36.4 Å². The summed E-state index contributed by atoms with van der Waals surface area (Å²) in [6.45, 7) is 0. The van der Waals surface area contributed by atoms with E-state index in [2.05, 4.69) is 26.2 Å². The number of halogens is 1. The van der Waals surface area contributed by atoms with Crippen LogP contribution in [0.5, 0.6) is 5.75 Å². The molecule has 1 fully saturated rings. The zero-order valence-electron chi connectivity index (χ0n) is 14.8. The van der Waals surface area contributed by atoms with Gasteiger partial charge in [0.15, 0.2) is 5.17 Å². The molecule has 0 aliphatic carbocycles. The quantitative estimate of drug-likeness (QED) is 0.436. The van der Waals surface area contributed by atoms with Crippen molar-refractivity contribution < 1.29 is 14.3 Å². The van der Waals surface area contributed by atoms with E-state index in [0.29, 0.717) is 10.9 Å². The van der Waals surface area contributed by atoms with Crippen LogP contribution in [-0.2, 0) is 9.59 Å². The third-order valence-corrected chi connectivity index (χ3v) is 5.68. The van der Waals surface area contributed by atoms with Crippen molar-refractivity contribution in [3.63, 3.8) is 0 Å². The first-order chi connectivity index (χ1) is 13.0. The van der Waals surface area contributed by atoms with Gasteiger partial charge in [-0.3, -0.25) is 14.6 Å². The summed E-state index contributed by atoms with van der Waals surface area (Å²) in [6.07, 6.45) is 0.142. The van der Waals surface area contributed by atoms with Crippen molar-refractivity contribution in [3.8, 4) is 5.75 Å². The van der Waals surface area contributed by atoms with Gasteiger partial charge in [0.05, 0.1) is 12.8 Å². The zero-order valence-corrected chi connectivity index (χ0v) is 17.2. The van der Waals surface area contributed by atoms with Crippen LogP contribution in [0.4, 0.5) is 11.4 Å². The molecule has 1 heterocycles. The van der Waals surface area contributed by atoms with Gasteiger partial charge in [-0.25, -0.2) is 4.90 Å². The normalized spacial score (nSPS) is 17.4. The molecule has 0 aromatic heterocycles. The molecule has 1 atom stereocenters. The second kappa shape index (κ2) is 8.58. The first kappa shape index (κ1) is 19.4. The number of nitrogens with one attached hydrogen (secondary N) is 1. The van der Waals surface area contributed by atoms with E-state index in [4.69, 9.17) is 4.74 Å². The van der Waals surface area contributed by atoms with Gasteiger partial charge in [0.2, 0.25) is 11.8 Å². The van der Waals surface area contributed by atoms with E-state index >= 15 is 0 Å². The highest BCUT2D eigenvalue weighted by atomic mass is 79.9. The molecule has 2 aromatic rings. The zero-order chi connectivity index (χ0) is 19.4. The number of carbonyl (C=O) groups is 2. The third kappa shape index (κ3) is 4.51. The monoisotopic (exact) mass is 447 g/mol. The molecule has 6 nitrogen and oxygen atoms in total. The molecular formula is C19H18BrN3O3S. The maximum atomic E-state index is 12.8. The number of benzene rings is 2. The largest absolute Gasteiger partial charge is 0.497 e. The number of ether oxygens (including phenoxy) is 1. The van der Waals surface area contributed by atoms with Crippen molar-refractivity contribution in [1.82, 2.24) is 0 Å². The van der Waals surface area contributed by atoms with Crippen LogP contribution in [0.1, 0.15) is 6.42 Å². The Morgan fingerprint density at radius 1 is 1.19 bits per heavy atom. The Labute approximate surface area is 170 Å². The lowest BCUT2D eigenvalue weighted by Crippen LogP contribution is -2.31. The molecule has 0 bridgehead atoms. The predicted octanol–water partition coefficient (Wildman–Crippen LogP) is 3.92. The Hall–Kier alpha value is -2.32. The number of aliphatic imine (C=N–C) groups is 1. The third-order valence-electron chi connectivity index (χ3n) is 3.99. The fourth-order valence-electron chi connectivity index (χ4n) is 2.63. The maximum absolute atomic E-state index is 12.8. The molecule has 1 aliphatic heterocycles. The average Bonchev–Trinajstić information content (AvgIpc) is 2.96. The molecule has 27 heavy (non-hydrogen) atoms. The van der Waals surface area contributed by atoms with E-state index in [1.165, 1.54) is 16.7 Å². The lowest BCUT2D eigenvalue weighted by Gasteiger charge is -2.16. The Bertz CT molecular complexity index is 869. The van der Waals surface area contributed by atoms with E-state index in [-0.39, 0.29) is 18.2 Å². The second-order valence-corrected chi connectivity index (χ2v) is 7.84. The highest BCUT2D eigenvalue weighted by Crippen LogP contribution is 2.31. The number of nitrogens with zero attached hydrogens (tertiary/aromatic N) is 2. The minimum absolute atomic E-state index is 0.142. The minimum atomic E-state index is -0.509. The van der Waals surface area contributed by atoms with Gasteiger partial charge in [0.25, 0.3) is 0 Å². The number of rotatable bonds is 4. The standard InChI is InChI=1S/C19H18BrN3O3S/c1-21-19(22-13-5-9-15(26-2)10-6-13)27-16-11-17(24)23(18(16)25)14-7-3-12(20)4-8-14/h3-10,16H,11H2,1-2H3,(H,21,22)/t16-/m0/s1. The van der Waals surface area contributed by atoms with Crippen molar-refractivity contribution in [2.75, 3.05) is 24.4 Å². The molecule has 0 spiro atoms. The van der Waals surface area contributed by atoms with Crippen LogP contribution in [0.15, 0.2) is 58.0 Å². The van der Waals surface area contributed by atoms with E-state index in [1.54, 1.807) is 38.4 Å². The van der Waals surface area contributed by atoms with Gasteiger partial charge in [-0.05, 0) is 48.5 Å². The highest BCUT2D eigenvalue weighted by molar-refractivity contribution is 9.10. The van der Waals surface area contributed by atoms with Crippen molar-refractivity contribution in [2.24, 2.45) is 4.99 Å². The smallest absolute Gasteiger partial charge is 0.247 e. The molecule has 0 unspecified atom stereocenters. The number of amidine groups is 1. The number of hydrogen-bond donors (Lipinski definition) is 1. The van der Waals surface area contributed by atoms with Gasteiger partial charge < -0.3 is 10.1 Å². The average molecular weight is 448 g/mol. The van der Waals surface area contributed by atoms with Gasteiger partial charge >= 0.3 is 0 Å². The summed E-state index contributed by atoms with van der Waals surface area (Å²) >= 11 is 4.61. The SMILES string of the molecule is CN=C(Nc1ccc(OC)cc1)S[C@H]1CC(=O)N(c2ccc(Br)cc2)C1=O.